The fourth-order valence-corrected chi connectivity index (χ4v) is 2.84. The first-order valence-corrected chi connectivity index (χ1v) is 9.36. The fraction of sp³-hybridized carbons (Fsp3) is 0.286. The molecule has 0 atom stereocenters. The average Bonchev–Trinajstić information content (AvgIpc) is 3.34. The first-order valence-electron chi connectivity index (χ1n) is 9.36. The van der Waals surface area contributed by atoms with Crippen LogP contribution in [0.5, 0.6) is 0 Å². The maximum Gasteiger partial charge on any atom is 0.313 e. The largest absolute Gasteiger partial charge is 0.467 e. The second-order valence-electron chi connectivity index (χ2n) is 6.55. The highest BCUT2D eigenvalue weighted by Gasteiger charge is 2.16. The van der Waals surface area contributed by atoms with E-state index in [1.54, 1.807) is 29.1 Å². The molecular formula is C21H24N4O4. The molecule has 2 amide bonds. The third kappa shape index (κ3) is 5.55. The van der Waals surface area contributed by atoms with Crippen molar-refractivity contribution in [2.45, 2.75) is 26.9 Å². The van der Waals surface area contributed by atoms with Crippen LogP contribution >= 0.6 is 0 Å². The van der Waals surface area contributed by atoms with Gasteiger partial charge in [-0.15, -0.1) is 0 Å². The monoisotopic (exact) mass is 396 g/mol. The molecule has 0 aliphatic carbocycles. The molecule has 0 radical (unpaired) electrons. The molecule has 0 aliphatic rings. The van der Waals surface area contributed by atoms with E-state index in [0.29, 0.717) is 37.6 Å². The molecule has 152 valence electrons. The van der Waals surface area contributed by atoms with E-state index in [4.69, 9.17) is 9.15 Å². The number of carbonyl (C=O) groups is 2. The summed E-state index contributed by atoms with van der Waals surface area (Å²) < 4.78 is 12.3. The first kappa shape index (κ1) is 20.3. The van der Waals surface area contributed by atoms with Gasteiger partial charge < -0.3 is 19.8 Å². The van der Waals surface area contributed by atoms with E-state index in [2.05, 4.69) is 15.7 Å². The van der Waals surface area contributed by atoms with E-state index in [9.17, 15) is 9.59 Å². The maximum atomic E-state index is 12.3. The smallest absolute Gasteiger partial charge is 0.313 e. The van der Waals surface area contributed by atoms with Crippen molar-refractivity contribution in [1.82, 2.24) is 15.1 Å². The summed E-state index contributed by atoms with van der Waals surface area (Å²) in [6.07, 6.45) is 2.17. The molecular weight excluding hydrogens is 372 g/mol. The molecule has 2 N–H and O–H groups in total. The number of hydrogen-bond donors (Lipinski definition) is 2. The van der Waals surface area contributed by atoms with Gasteiger partial charge in [0.25, 0.3) is 0 Å². The van der Waals surface area contributed by atoms with Gasteiger partial charge in [-0.2, -0.15) is 5.10 Å². The summed E-state index contributed by atoms with van der Waals surface area (Å²) in [4.78, 5) is 24.3. The molecule has 3 aromatic rings. The van der Waals surface area contributed by atoms with Gasteiger partial charge in [0.2, 0.25) is 0 Å². The summed E-state index contributed by atoms with van der Waals surface area (Å²) in [7, 11) is 0. The summed E-state index contributed by atoms with van der Waals surface area (Å²) in [5, 5.41) is 9.69. The predicted octanol–water partition coefficient (Wildman–Crippen LogP) is 2.74. The third-order valence-electron chi connectivity index (χ3n) is 4.17. The Morgan fingerprint density at radius 3 is 2.69 bits per heavy atom. The van der Waals surface area contributed by atoms with Gasteiger partial charge in [-0.1, -0.05) is 12.1 Å². The highest BCUT2D eigenvalue weighted by molar-refractivity contribution is 6.39. The van der Waals surface area contributed by atoms with Crippen LogP contribution in [0, 0.1) is 13.8 Å². The average molecular weight is 396 g/mol. The normalized spacial score (nSPS) is 10.7. The fourth-order valence-electron chi connectivity index (χ4n) is 2.84. The quantitative estimate of drug-likeness (QED) is 0.451. The Bertz CT molecular complexity index is 963. The lowest BCUT2D eigenvalue weighted by Gasteiger charge is -2.12. The van der Waals surface area contributed by atoms with Gasteiger partial charge in [-0.3, -0.25) is 9.59 Å². The zero-order valence-electron chi connectivity index (χ0n) is 16.5. The van der Waals surface area contributed by atoms with Crippen molar-refractivity contribution < 1.29 is 18.7 Å². The lowest BCUT2D eigenvalue weighted by molar-refractivity contribution is -0.136. The summed E-state index contributed by atoms with van der Waals surface area (Å²) in [6, 6.07) is 12.8. The highest BCUT2D eigenvalue weighted by Crippen LogP contribution is 2.21. The number of aromatic nitrogens is 2. The number of carbonyl (C=O) groups excluding carboxylic acids is 2. The summed E-state index contributed by atoms with van der Waals surface area (Å²) in [5.41, 5.74) is 3.02. The molecule has 0 saturated carbocycles. The Morgan fingerprint density at radius 1 is 1.14 bits per heavy atom. The van der Waals surface area contributed by atoms with Crippen molar-refractivity contribution in [3.8, 4) is 5.69 Å². The second kappa shape index (κ2) is 9.70. The van der Waals surface area contributed by atoms with E-state index < -0.39 is 11.8 Å². The standard InChI is InChI=1S/C21H24N4O4/c1-15-13-16(2)25(24-15)19-9-4-3-8-18(19)23-21(27)20(26)22-10-6-11-28-14-17-7-5-12-29-17/h3-5,7-9,12-13H,6,10-11,14H2,1-2H3,(H,22,26)(H,23,27). The number of nitrogens with zero attached hydrogens (tertiary/aromatic N) is 2. The molecule has 0 spiro atoms. The number of ether oxygens (including phenoxy) is 1. The van der Waals surface area contributed by atoms with E-state index in [0.717, 1.165) is 17.1 Å². The number of nitrogens with one attached hydrogen (secondary N) is 2. The molecule has 8 nitrogen and oxygen atoms in total. The summed E-state index contributed by atoms with van der Waals surface area (Å²) >= 11 is 0. The molecule has 0 saturated heterocycles. The van der Waals surface area contributed by atoms with Gasteiger partial charge in [-0.05, 0) is 50.6 Å². The lowest BCUT2D eigenvalue weighted by Crippen LogP contribution is -2.36. The van der Waals surface area contributed by atoms with Gasteiger partial charge in [-0.25, -0.2) is 4.68 Å². The van der Waals surface area contributed by atoms with Crippen molar-refractivity contribution in [2.24, 2.45) is 0 Å². The Balaban J connectivity index is 1.47. The highest BCUT2D eigenvalue weighted by atomic mass is 16.5. The van der Waals surface area contributed by atoms with Crippen LogP contribution in [0.15, 0.2) is 53.1 Å². The lowest BCUT2D eigenvalue weighted by atomic mass is 10.2. The van der Waals surface area contributed by atoms with E-state index in [1.165, 1.54) is 0 Å². The van der Waals surface area contributed by atoms with Crippen LogP contribution in [-0.4, -0.2) is 34.7 Å². The van der Waals surface area contributed by atoms with Gasteiger partial charge in [0.1, 0.15) is 12.4 Å². The molecule has 2 aromatic heterocycles. The number of anilines is 1. The predicted molar refractivity (Wildman–Crippen MR) is 108 cm³/mol. The number of para-hydroxylation sites is 2. The Hall–Kier alpha value is -3.39. The van der Waals surface area contributed by atoms with Crippen LogP contribution < -0.4 is 10.6 Å². The van der Waals surface area contributed by atoms with Gasteiger partial charge >= 0.3 is 11.8 Å². The molecule has 29 heavy (non-hydrogen) atoms. The molecule has 2 heterocycles. The molecule has 0 unspecified atom stereocenters. The Morgan fingerprint density at radius 2 is 1.97 bits per heavy atom. The summed E-state index contributed by atoms with van der Waals surface area (Å²) in [6.45, 7) is 4.99. The van der Waals surface area contributed by atoms with Gasteiger partial charge in [0.15, 0.2) is 0 Å². The van der Waals surface area contributed by atoms with Crippen molar-refractivity contribution in [2.75, 3.05) is 18.5 Å². The SMILES string of the molecule is Cc1cc(C)n(-c2ccccc2NC(=O)C(=O)NCCCOCc2ccco2)n1. The van der Waals surface area contributed by atoms with Crippen LogP contribution in [0.25, 0.3) is 5.69 Å². The minimum atomic E-state index is -0.726. The first-order chi connectivity index (χ1) is 14.0. The van der Waals surface area contributed by atoms with E-state index in [1.807, 2.05) is 38.1 Å². The number of furan rings is 1. The zero-order valence-corrected chi connectivity index (χ0v) is 16.5. The van der Waals surface area contributed by atoms with Crippen molar-refractivity contribution >= 4 is 17.5 Å². The van der Waals surface area contributed by atoms with Crippen molar-refractivity contribution in [1.29, 1.82) is 0 Å². The second-order valence-corrected chi connectivity index (χ2v) is 6.55. The van der Waals surface area contributed by atoms with Crippen LogP contribution in [0.3, 0.4) is 0 Å². The number of hydrogen-bond acceptors (Lipinski definition) is 5. The van der Waals surface area contributed by atoms with E-state index in [-0.39, 0.29) is 0 Å². The molecule has 0 fully saturated rings. The maximum absolute atomic E-state index is 12.3. The number of amides is 2. The molecule has 8 heteroatoms. The molecule has 3 rings (SSSR count). The van der Waals surface area contributed by atoms with Gasteiger partial charge in [0.05, 0.1) is 23.3 Å². The van der Waals surface area contributed by atoms with Crippen LogP contribution in [0.1, 0.15) is 23.6 Å². The van der Waals surface area contributed by atoms with Crippen molar-refractivity contribution in [3.05, 3.63) is 65.9 Å². The van der Waals surface area contributed by atoms with Crippen LogP contribution in [0.2, 0.25) is 0 Å². The number of aryl methyl sites for hydroxylation is 2. The van der Waals surface area contributed by atoms with Crippen LogP contribution in [0.4, 0.5) is 5.69 Å². The topological polar surface area (TPSA) is 98.4 Å². The Kier molecular flexibility index (Phi) is 6.80. The van der Waals surface area contributed by atoms with E-state index >= 15 is 0 Å². The molecule has 0 bridgehead atoms. The minimum absolute atomic E-state index is 0.337. The minimum Gasteiger partial charge on any atom is -0.467 e. The van der Waals surface area contributed by atoms with Crippen molar-refractivity contribution in [3.63, 3.8) is 0 Å². The number of rotatable bonds is 8. The van der Waals surface area contributed by atoms with Crippen LogP contribution in [-0.2, 0) is 20.9 Å². The molecule has 0 aliphatic heterocycles. The van der Waals surface area contributed by atoms with Gasteiger partial charge in [0, 0.05) is 18.8 Å². The number of benzene rings is 1. The summed E-state index contributed by atoms with van der Waals surface area (Å²) in [5.74, 6) is -0.676. The Labute approximate surface area is 168 Å². The molecule has 1 aromatic carbocycles. The zero-order chi connectivity index (χ0) is 20.6. The third-order valence-corrected chi connectivity index (χ3v) is 4.17.